The summed E-state index contributed by atoms with van der Waals surface area (Å²) < 4.78 is 1.83. The maximum atomic E-state index is 12.4. The molecule has 0 unspecified atom stereocenters. The van der Waals surface area contributed by atoms with Crippen molar-refractivity contribution in [3.8, 4) is 16.3 Å². The van der Waals surface area contributed by atoms with Gasteiger partial charge in [-0.05, 0) is 36.1 Å². The van der Waals surface area contributed by atoms with Crippen LogP contribution in [0.1, 0.15) is 18.9 Å². The van der Waals surface area contributed by atoms with Gasteiger partial charge in [0, 0.05) is 44.9 Å². The third-order valence-electron chi connectivity index (χ3n) is 4.34. The molecule has 7 heteroatoms. The van der Waals surface area contributed by atoms with E-state index < -0.39 is 0 Å². The number of rotatable bonds is 8. The van der Waals surface area contributed by atoms with E-state index in [9.17, 15) is 9.59 Å². The molecule has 1 aromatic carbocycles. The molecule has 0 radical (unpaired) electrons. The fourth-order valence-corrected chi connectivity index (χ4v) is 3.54. The SMILES string of the molecule is CC(=O)NCCCN(C)C(=O)C=Cc1cn(-c2ccccc2)nc1-c1cccs1. The molecular formula is C22H24N4O2S. The van der Waals surface area contributed by atoms with Crippen molar-refractivity contribution < 1.29 is 9.59 Å². The molecule has 1 N–H and O–H groups in total. The third kappa shape index (κ3) is 5.65. The van der Waals surface area contributed by atoms with Gasteiger partial charge in [-0.2, -0.15) is 5.10 Å². The van der Waals surface area contributed by atoms with E-state index in [1.807, 2.05) is 64.8 Å². The lowest BCUT2D eigenvalue weighted by Gasteiger charge is -2.14. The van der Waals surface area contributed by atoms with Crippen LogP contribution in [0.25, 0.3) is 22.3 Å². The summed E-state index contributed by atoms with van der Waals surface area (Å²) in [6, 6.07) is 13.9. The Kier molecular flexibility index (Phi) is 6.97. The Morgan fingerprint density at radius 1 is 1.21 bits per heavy atom. The van der Waals surface area contributed by atoms with Crippen LogP contribution in [0.4, 0.5) is 0 Å². The van der Waals surface area contributed by atoms with Gasteiger partial charge in [0.05, 0.1) is 10.6 Å². The first-order chi connectivity index (χ1) is 14.0. The van der Waals surface area contributed by atoms with Gasteiger partial charge in [-0.15, -0.1) is 11.3 Å². The zero-order valence-electron chi connectivity index (χ0n) is 16.5. The zero-order valence-corrected chi connectivity index (χ0v) is 17.4. The quantitative estimate of drug-likeness (QED) is 0.457. The molecule has 2 aromatic heterocycles. The van der Waals surface area contributed by atoms with Gasteiger partial charge >= 0.3 is 0 Å². The van der Waals surface area contributed by atoms with E-state index in [0.717, 1.165) is 21.8 Å². The highest BCUT2D eigenvalue weighted by Gasteiger charge is 2.12. The lowest BCUT2D eigenvalue weighted by Crippen LogP contribution is -2.29. The second kappa shape index (κ2) is 9.84. The lowest BCUT2D eigenvalue weighted by atomic mass is 10.2. The number of nitrogens with zero attached hydrogens (tertiary/aromatic N) is 3. The van der Waals surface area contributed by atoms with Crippen LogP contribution in [-0.4, -0.2) is 46.6 Å². The van der Waals surface area contributed by atoms with E-state index in [2.05, 4.69) is 5.32 Å². The predicted molar refractivity (Wildman–Crippen MR) is 117 cm³/mol. The average molecular weight is 409 g/mol. The highest BCUT2D eigenvalue weighted by atomic mass is 32.1. The summed E-state index contributed by atoms with van der Waals surface area (Å²) in [5.74, 6) is -0.146. The molecule has 0 saturated carbocycles. The molecule has 0 atom stereocenters. The largest absolute Gasteiger partial charge is 0.356 e. The number of likely N-dealkylation sites (N-methyl/N-ethyl adjacent to an activating group) is 1. The monoisotopic (exact) mass is 408 g/mol. The van der Waals surface area contributed by atoms with Crippen molar-refractivity contribution in [1.29, 1.82) is 0 Å². The summed E-state index contributed by atoms with van der Waals surface area (Å²) >= 11 is 1.62. The molecule has 0 aliphatic carbocycles. The summed E-state index contributed by atoms with van der Waals surface area (Å²) in [5, 5.41) is 9.48. The molecule has 0 spiro atoms. The first-order valence-corrected chi connectivity index (χ1v) is 10.3. The van der Waals surface area contributed by atoms with Gasteiger partial charge in [-0.1, -0.05) is 24.3 Å². The lowest BCUT2D eigenvalue weighted by molar-refractivity contribution is -0.124. The number of amides is 2. The highest BCUT2D eigenvalue weighted by molar-refractivity contribution is 7.13. The predicted octanol–water partition coefficient (Wildman–Crippen LogP) is 3.60. The van der Waals surface area contributed by atoms with Crippen molar-refractivity contribution in [3.63, 3.8) is 0 Å². The number of nitrogens with one attached hydrogen (secondary N) is 1. The molecule has 2 amide bonds. The van der Waals surface area contributed by atoms with Crippen LogP contribution in [0.2, 0.25) is 0 Å². The van der Waals surface area contributed by atoms with E-state index >= 15 is 0 Å². The zero-order chi connectivity index (χ0) is 20.6. The Bertz CT molecular complexity index is 978. The van der Waals surface area contributed by atoms with Crippen LogP contribution in [0.15, 0.2) is 60.1 Å². The van der Waals surface area contributed by atoms with Gasteiger partial charge in [0.25, 0.3) is 0 Å². The van der Waals surface area contributed by atoms with Gasteiger partial charge in [0.15, 0.2) is 0 Å². The van der Waals surface area contributed by atoms with Crippen LogP contribution in [0.5, 0.6) is 0 Å². The van der Waals surface area contributed by atoms with Gasteiger partial charge in [0.1, 0.15) is 5.69 Å². The van der Waals surface area contributed by atoms with Gasteiger partial charge < -0.3 is 10.2 Å². The molecular weight excluding hydrogens is 384 g/mol. The first-order valence-electron chi connectivity index (χ1n) is 9.41. The number of carbonyl (C=O) groups is 2. The number of thiophene rings is 1. The van der Waals surface area contributed by atoms with Gasteiger partial charge in [-0.25, -0.2) is 4.68 Å². The van der Waals surface area contributed by atoms with E-state index in [4.69, 9.17) is 5.10 Å². The maximum Gasteiger partial charge on any atom is 0.246 e. The van der Waals surface area contributed by atoms with Crippen LogP contribution < -0.4 is 5.32 Å². The Hall–Kier alpha value is -3.19. The van der Waals surface area contributed by atoms with Gasteiger partial charge in [0.2, 0.25) is 11.8 Å². The second-order valence-electron chi connectivity index (χ2n) is 6.62. The smallest absolute Gasteiger partial charge is 0.246 e. The number of carbonyl (C=O) groups excluding carboxylic acids is 2. The standard InChI is InChI=1S/C22H24N4O2S/c1-17(27)23-13-7-14-25(2)21(28)12-11-18-16-26(19-8-4-3-5-9-19)24-22(18)20-10-6-15-29-20/h3-6,8-12,15-16H,7,13-14H2,1-2H3,(H,23,27). The van der Waals surface area contributed by atoms with Crippen molar-refractivity contribution in [2.24, 2.45) is 0 Å². The summed E-state index contributed by atoms with van der Waals surface area (Å²) in [6.07, 6.45) is 6.03. The van der Waals surface area contributed by atoms with Crippen LogP contribution in [0.3, 0.4) is 0 Å². The minimum Gasteiger partial charge on any atom is -0.356 e. The average Bonchev–Trinajstić information content (AvgIpc) is 3.39. The fourth-order valence-electron chi connectivity index (χ4n) is 2.81. The molecule has 6 nitrogen and oxygen atoms in total. The maximum absolute atomic E-state index is 12.4. The van der Waals surface area contributed by atoms with E-state index in [1.54, 1.807) is 29.4 Å². The van der Waals surface area contributed by atoms with Crippen molar-refractivity contribution >= 4 is 29.2 Å². The molecule has 150 valence electrons. The van der Waals surface area contributed by atoms with Crippen molar-refractivity contribution in [3.05, 3.63) is 65.7 Å². The molecule has 0 aliphatic heterocycles. The van der Waals surface area contributed by atoms with Crippen LogP contribution >= 0.6 is 11.3 Å². The summed E-state index contributed by atoms with van der Waals surface area (Å²) in [5.41, 5.74) is 2.70. The minimum absolute atomic E-state index is 0.0598. The summed E-state index contributed by atoms with van der Waals surface area (Å²) in [6.45, 7) is 2.62. The Labute approximate surface area is 174 Å². The topological polar surface area (TPSA) is 67.2 Å². The van der Waals surface area contributed by atoms with E-state index in [-0.39, 0.29) is 11.8 Å². The Balaban J connectivity index is 1.74. The number of benzene rings is 1. The number of hydrogen-bond donors (Lipinski definition) is 1. The molecule has 0 aliphatic rings. The minimum atomic E-state index is -0.0857. The van der Waals surface area contributed by atoms with Crippen molar-refractivity contribution in [2.45, 2.75) is 13.3 Å². The summed E-state index contributed by atoms with van der Waals surface area (Å²) in [7, 11) is 1.76. The summed E-state index contributed by atoms with van der Waals surface area (Å²) in [4.78, 5) is 26.0. The fraction of sp³-hybridized carbons (Fsp3) is 0.227. The van der Waals surface area contributed by atoms with E-state index in [0.29, 0.717) is 19.5 Å². The molecule has 3 aromatic rings. The van der Waals surface area contributed by atoms with Crippen molar-refractivity contribution in [1.82, 2.24) is 20.0 Å². The second-order valence-corrected chi connectivity index (χ2v) is 7.57. The molecule has 2 heterocycles. The van der Waals surface area contributed by atoms with Crippen LogP contribution in [0, 0.1) is 0 Å². The molecule has 29 heavy (non-hydrogen) atoms. The Morgan fingerprint density at radius 3 is 2.69 bits per heavy atom. The van der Waals surface area contributed by atoms with Gasteiger partial charge in [-0.3, -0.25) is 9.59 Å². The Morgan fingerprint density at radius 2 is 2.00 bits per heavy atom. The molecule has 3 rings (SSSR count). The number of hydrogen-bond acceptors (Lipinski definition) is 4. The molecule has 0 saturated heterocycles. The molecule has 0 fully saturated rings. The first kappa shape index (κ1) is 20.5. The van der Waals surface area contributed by atoms with Crippen molar-refractivity contribution in [2.75, 3.05) is 20.1 Å². The van der Waals surface area contributed by atoms with Crippen LogP contribution in [-0.2, 0) is 9.59 Å². The third-order valence-corrected chi connectivity index (χ3v) is 5.22. The highest BCUT2D eigenvalue weighted by Crippen LogP contribution is 2.28. The molecule has 0 bridgehead atoms. The number of aromatic nitrogens is 2. The normalized spacial score (nSPS) is 11.0. The van der Waals surface area contributed by atoms with E-state index in [1.165, 1.54) is 6.92 Å². The number of para-hydroxylation sites is 1.